The molecular weight excluding hydrogens is 431 g/mol. The van der Waals surface area contributed by atoms with Crippen LogP contribution >= 0.6 is 0 Å². The van der Waals surface area contributed by atoms with Gasteiger partial charge in [-0.1, -0.05) is 0 Å². The first-order valence-corrected chi connectivity index (χ1v) is 10.8. The van der Waals surface area contributed by atoms with Crippen molar-refractivity contribution in [3.63, 3.8) is 0 Å². The lowest BCUT2D eigenvalue weighted by Crippen LogP contribution is -2.36. The number of alkyl carbamates (subject to hydrolysis) is 1. The van der Waals surface area contributed by atoms with Gasteiger partial charge in [0.05, 0.1) is 18.5 Å². The number of carbonyl (C=O) groups is 1. The van der Waals surface area contributed by atoms with Gasteiger partial charge in [0.25, 0.3) is 0 Å². The fraction of sp³-hybridized carbons (Fsp3) is 0.476. The Morgan fingerprint density at radius 1 is 1.45 bits per heavy atom. The Kier molecular flexibility index (Phi) is 5.33. The van der Waals surface area contributed by atoms with Crippen LogP contribution in [-0.2, 0) is 9.47 Å². The van der Waals surface area contributed by atoms with Crippen molar-refractivity contribution in [3.8, 4) is 6.07 Å². The molecule has 12 heteroatoms. The van der Waals surface area contributed by atoms with E-state index in [9.17, 15) is 14.4 Å². The minimum absolute atomic E-state index is 0.0596. The van der Waals surface area contributed by atoms with E-state index in [1.54, 1.807) is 36.7 Å². The third-order valence-corrected chi connectivity index (χ3v) is 5.54. The van der Waals surface area contributed by atoms with Crippen LogP contribution in [0.5, 0.6) is 0 Å². The first kappa shape index (κ1) is 21.1. The van der Waals surface area contributed by atoms with Crippen molar-refractivity contribution >= 4 is 23.5 Å². The number of nitriles is 1. The fourth-order valence-corrected chi connectivity index (χ4v) is 3.83. The molecule has 2 fully saturated rings. The molecule has 3 atom stereocenters. The number of aromatic nitrogens is 5. The number of nitrogens with zero attached hydrogens (tertiary/aromatic N) is 5. The second kappa shape index (κ2) is 8.32. The van der Waals surface area contributed by atoms with Crippen LogP contribution in [0.25, 0.3) is 5.65 Å². The predicted octanol–water partition coefficient (Wildman–Crippen LogP) is 2.86. The van der Waals surface area contributed by atoms with Crippen LogP contribution in [0.3, 0.4) is 0 Å². The lowest BCUT2D eigenvalue weighted by molar-refractivity contribution is 0.0615. The number of carbonyl (C=O) groups excluding carboxylic acids is 1. The van der Waals surface area contributed by atoms with Crippen LogP contribution < -0.4 is 10.6 Å². The van der Waals surface area contributed by atoms with Gasteiger partial charge in [0.2, 0.25) is 5.95 Å². The number of fused-ring (bicyclic) bond motifs is 1. The Balaban J connectivity index is 1.31. The molecule has 0 spiro atoms. The predicted molar refractivity (Wildman–Crippen MR) is 114 cm³/mol. The molecule has 2 aliphatic rings. The summed E-state index contributed by atoms with van der Waals surface area (Å²) in [6, 6.07) is 3.55. The molecule has 1 saturated carbocycles. The van der Waals surface area contributed by atoms with E-state index in [1.807, 2.05) is 0 Å². The number of halogens is 1. The van der Waals surface area contributed by atoms with Crippen LogP contribution in [0.4, 0.5) is 21.0 Å². The number of ether oxygens (including phenoxy) is 2. The maximum atomic E-state index is 14.9. The number of anilines is 2. The first-order valence-electron chi connectivity index (χ1n) is 10.8. The number of H-pyrrole nitrogens is 1. The summed E-state index contributed by atoms with van der Waals surface area (Å²) in [6.07, 6.45) is 1.34. The number of hydrogen-bond donors (Lipinski definition) is 3. The Morgan fingerprint density at radius 2 is 2.27 bits per heavy atom. The monoisotopic (exact) mass is 454 g/mol. The zero-order chi connectivity index (χ0) is 23.1. The summed E-state index contributed by atoms with van der Waals surface area (Å²) in [7, 11) is 0. The molecule has 3 aromatic heterocycles. The topological polar surface area (TPSA) is 142 Å². The summed E-state index contributed by atoms with van der Waals surface area (Å²) in [5.41, 5.74) is 2.39. The van der Waals surface area contributed by atoms with Gasteiger partial charge in [-0.3, -0.25) is 9.50 Å². The Morgan fingerprint density at radius 3 is 3.00 bits per heavy atom. The second-order valence-corrected chi connectivity index (χ2v) is 8.52. The van der Waals surface area contributed by atoms with Crippen LogP contribution in [0, 0.1) is 11.3 Å². The molecule has 5 rings (SSSR count). The molecule has 3 aromatic rings. The van der Waals surface area contributed by atoms with Gasteiger partial charge in [-0.2, -0.15) is 10.4 Å². The van der Waals surface area contributed by atoms with Crippen molar-refractivity contribution in [2.24, 2.45) is 0 Å². The zero-order valence-electron chi connectivity index (χ0n) is 18.1. The van der Waals surface area contributed by atoms with Crippen molar-refractivity contribution < 1.29 is 18.7 Å². The highest BCUT2D eigenvalue weighted by atomic mass is 19.1. The molecule has 4 heterocycles. The Hall–Kier alpha value is -3.72. The molecule has 11 nitrogen and oxygen atoms in total. The maximum Gasteiger partial charge on any atom is 0.407 e. The Labute approximate surface area is 188 Å². The van der Waals surface area contributed by atoms with Gasteiger partial charge in [0, 0.05) is 23.9 Å². The summed E-state index contributed by atoms with van der Waals surface area (Å²) >= 11 is 0. The van der Waals surface area contributed by atoms with Gasteiger partial charge in [-0.15, -0.1) is 0 Å². The third kappa shape index (κ3) is 4.19. The number of rotatable bonds is 6. The number of aromatic amines is 1. The van der Waals surface area contributed by atoms with E-state index < -0.39 is 24.5 Å². The van der Waals surface area contributed by atoms with Gasteiger partial charge in [0.1, 0.15) is 17.8 Å². The van der Waals surface area contributed by atoms with E-state index in [0.29, 0.717) is 34.7 Å². The molecule has 0 radical (unpaired) electrons. The van der Waals surface area contributed by atoms with Crippen LogP contribution in [-0.4, -0.2) is 55.6 Å². The second-order valence-electron chi connectivity index (χ2n) is 8.52. The quantitative estimate of drug-likeness (QED) is 0.516. The minimum atomic E-state index is -1.55. The van der Waals surface area contributed by atoms with Crippen LogP contribution in [0.2, 0.25) is 0 Å². The number of imidazole rings is 1. The highest BCUT2D eigenvalue weighted by Crippen LogP contribution is 2.42. The van der Waals surface area contributed by atoms with Crippen molar-refractivity contribution in [2.75, 3.05) is 11.9 Å². The summed E-state index contributed by atoms with van der Waals surface area (Å²) in [6.45, 7) is 3.51. The first-order chi connectivity index (χ1) is 15.9. The van der Waals surface area contributed by atoms with Gasteiger partial charge < -0.3 is 20.1 Å². The lowest BCUT2D eigenvalue weighted by Gasteiger charge is -2.16. The normalized spacial score (nSPS) is 22.5. The Bertz CT molecular complexity index is 1230. The van der Waals surface area contributed by atoms with Crippen molar-refractivity contribution in [2.45, 2.75) is 57.0 Å². The van der Waals surface area contributed by atoms with Crippen molar-refractivity contribution in [1.29, 1.82) is 5.26 Å². The summed E-state index contributed by atoms with van der Waals surface area (Å²) in [5.74, 6) is 1.24. The SMILES string of the molecule is CC(C)NC(=O)O[C@@H]1CO[C@H](c2cc(Nc3ncc(C4CC4)c4nc(C#N)cn34)n[nH]2)[C@H]1F. The van der Waals surface area contributed by atoms with E-state index in [1.165, 1.54) is 0 Å². The van der Waals surface area contributed by atoms with Crippen molar-refractivity contribution in [3.05, 3.63) is 35.4 Å². The molecule has 1 aliphatic carbocycles. The van der Waals surface area contributed by atoms with Gasteiger partial charge in [-0.25, -0.2) is 19.2 Å². The number of amides is 1. The molecule has 172 valence electrons. The highest BCUT2D eigenvalue weighted by Gasteiger charge is 2.42. The summed E-state index contributed by atoms with van der Waals surface area (Å²) < 4.78 is 27.3. The van der Waals surface area contributed by atoms with E-state index in [2.05, 4.69) is 36.9 Å². The molecule has 1 saturated heterocycles. The van der Waals surface area contributed by atoms with Gasteiger partial charge >= 0.3 is 6.09 Å². The van der Waals surface area contributed by atoms with Crippen molar-refractivity contribution in [1.82, 2.24) is 29.9 Å². The zero-order valence-corrected chi connectivity index (χ0v) is 18.1. The largest absolute Gasteiger partial charge is 0.441 e. The van der Waals surface area contributed by atoms with Crippen LogP contribution in [0.1, 0.15) is 55.7 Å². The summed E-state index contributed by atoms with van der Waals surface area (Å²) in [5, 5.41) is 21.9. The van der Waals surface area contributed by atoms with Crippen LogP contribution in [0.15, 0.2) is 18.5 Å². The average Bonchev–Trinajstić information content (AvgIpc) is 3.18. The maximum absolute atomic E-state index is 14.9. The molecular formula is C21H23FN8O3. The smallest absolute Gasteiger partial charge is 0.407 e. The number of alkyl halides is 1. The van der Waals surface area contributed by atoms with E-state index in [4.69, 9.17) is 9.47 Å². The molecule has 1 amide bonds. The average molecular weight is 454 g/mol. The number of nitrogens with one attached hydrogen (secondary N) is 3. The van der Waals surface area contributed by atoms with Gasteiger partial charge in [0.15, 0.2) is 23.8 Å². The molecule has 0 unspecified atom stereocenters. The standard InChI is InChI=1S/C21H23FN8O3/c1-10(2)25-21(31)33-15-9-32-18(17(15)22)14-5-16(29-28-14)27-20-24-7-13(11-3-4-11)19-26-12(6-23)8-30(19)20/h5,7-8,10-11,15,17-18H,3-4,9H2,1-2H3,(H,25,31)(H2,24,27,28,29)/t15-,17+,18-/m1/s1. The fourth-order valence-electron chi connectivity index (χ4n) is 3.83. The summed E-state index contributed by atoms with van der Waals surface area (Å²) in [4.78, 5) is 20.7. The molecule has 3 N–H and O–H groups in total. The van der Waals surface area contributed by atoms with E-state index in [0.717, 1.165) is 18.4 Å². The third-order valence-electron chi connectivity index (χ3n) is 5.54. The van der Waals surface area contributed by atoms with Gasteiger partial charge in [-0.05, 0) is 32.6 Å². The minimum Gasteiger partial charge on any atom is -0.441 e. The van der Waals surface area contributed by atoms with E-state index >= 15 is 0 Å². The highest BCUT2D eigenvalue weighted by molar-refractivity contribution is 5.67. The lowest BCUT2D eigenvalue weighted by atomic mass is 10.1. The molecule has 0 bridgehead atoms. The number of hydrogen-bond acceptors (Lipinski definition) is 8. The van der Waals surface area contributed by atoms with E-state index in [-0.39, 0.29) is 12.6 Å². The molecule has 33 heavy (non-hydrogen) atoms. The molecule has 0 aromatic carbocycles. The molecule has 1 aliphatic heterocycles.